The summed E-state index contributed by atoms with van der Waals surface area (Å²) in [7, 11) is 0. The van der Waals surface area contributed by atoms with Gasteiger partial charge in [0.1, 0.15) is 0 Å². The molecule has 0 spiro atoms. The summed E-state index contributed by atoms with van der Waals surface area (Å²) in [4.78, 5) is 17.5. The molecule has 4 nitrogen and oxygen atoms in total. The van der Waals surface area contributed by atoms with E-state index < -0.39 is 0 Å². The molecule has 3 heterocycles. The lowest BCUT2D eigenvalue weighted by molar-refractivity contribution is 0.0908. The van der Waals surface area contributed by atoms with Gasteiger partial charge in [0.2, 0.25) is 5.91 Å². The minimum Gasteiger partial charge on any atom is -0.313 e. The van der Waals surface area contributed by atoms with E-state index in [9.17, 15) is 4.79 Å². The zero-order chi connectivity index (χ0) is 17.9. The van der Waals surface area contributed by atoms with E-state index in [-0.39, 0.29) is 5.91 Å². The van der Waals surface area contributed by atoms with Crippen molar-refractivity contribution in [2.45, 2.75) is 26.2 Å². The number of hydrogen-bond acceptors (Lipinski definition) is 3. The average Bonchev–Trinajstić information content (AvgIpc) is 3.08. The van der Waals surface area contributed by atoms with E-state index in [1.807, 2.05) is 30.5 Å². The van der Waals surface area contributed by atoms with Gasteiger partial charge in [0.15, 0.2) is 0 Å². The maximum absolute atomic E-state index is 12.9. The molecule has 0 amide bonds. The largest absolute Gasteiger partial charge is 0.313 e. The number of hydrogen-bond donors (Lipinski definition) is 1. The monoisotopic (exact) mass is 345 g/mol. The van der Waals surface area contributed by atoms with Crippen molar-refractivity contribution in [2.24, 2.45) is 0 Å². The summed E-state index contributed by atoms with van der Waals surface area (Å²) >= 11 is 0. The number of rotatable bonds is 4. The van der Waals surface area contributed by atoms with Crippen LogP contribution in [-0.4, -0.2) is 28.5 Å². The zero-order valence-electron chi connectivity index (χ0n) is 15.0. The molecule has 4 heteroatoms. The van der Waals surface area contributed by atoms with Gasteiger partial charge in [0.25, 0.3) is 0 Å². The predicted molar refractivity (Wildman–Crippen MR) is 105 cm³/mol. The van der Waals surface area contributed by atoms with Crippen molar-refractivity contribution in [1.29, 1.82) is 0 Å². The van der Waals surface area contributed by atoms with E-state index in [2.05, 4.69) is 35.4 Å². The highest BCUT2D eigenvalue weighted by Gasteiger charge is 2.18. The molecule has 132 valence electrons. The quantitative estimate of drug-likeness (QED) is 0.777. The van der Waals surface area contributed by atoms with Gasteiger partial charge >= 0.3 is 0 Å². The van der Waals surface area contributed by atoms with Gasteiger partial charge in [-0.1, -0.05) is 30.3 Å². The van der Waals surface area contributed by atoms with Crippen molar-refractivity contribution in [3.63, 3.8) is 0 Å². The lowest BCUT2D eigenvalue weighted by Crippen LogP contribution is -2.20. The molecule has 0 bridgehead atoms. The van der Waals surface area contributed by atoms with E-state index in [1.165, 1.54) is 16.7 Å². The first kappa shape index (κ1) is 16.7. The Hall–Kier alpha value is -2.72. The third-order valence-corrected chi connectivity index (χ3v) is 5.11. The normalized spacial score (nSPS) is 14.4. The summed E-state index contributed by atoms with van der Waals surface area (Å²) in [6.07, 6.45) is 8.20. The SMILES string of the molecule is Cc1ccccc1CCC(=O)n1cc(C2=CCNCC2)c2ncccc21. The Morgan fingerprint density at radius 3 is 2.92 bits per heavy atom. The van der Waals surface area contributed by atoms with Gasteiger partial charge in [-0.3, -0.25) is 14.3 Å². The molecule has 0 atom stereocenters. The molecule has 0 fully saturated rings. The number of aryl methyl sites for hydroxylation is 2. The molecule has 3 aromatic rings. The molecule has 1 aliphatic rings. The molecule has 0 saturated heterocycles. The number of carbonyl (C=O) groups is 1. The second kappa shape index (κ2) is 7.26. The van der Waals surface area contributed by atoms with Crippen LogP contribution < -0.4 is 5.32 Å². The predicted octanol–water partition coefficient (Wildman–Crippen LogP) is 3.99. The second-order valence-corrected chi connectivity index (χ2v) is 6.79. The van der Waals surface area contributed by atoms with Gasteiger partial charge in [0, 0.05) is 30.9 Å². The van der Waals surface area contributed by atoms with Crippen LogP contribution in [0.15, 0.2) is 54.9 Å². The number of nitrogens with one attached hydrogen (secondary N) is 1. The highest BCUT2D eigenvalue weighted by atomic mass is 16.2. The maximum atomic E-state index is 12.9. The van der Waals surface area contributed by atoms with Crippen LogP contribution in [0.1, 0.15) is 34.3 Å². The molecular formula is C22H23N3O. The summed E-state index contributed by atoms with van der Waals surface area (Å²) in [5, 5.41) is 3.34. The fraction of sp³-hybridized carbons (Fsp3) is 0.273. The number of nitrogens with zero attached hydrogens (tertiary/aromatic N) is 2. The zero-order valence-corrected chi connectivity index (χ0v) is 15.0. The van der Waals surface area contributed by atoms with Gasteiger partial charge in [-0.2, -0.15) is 0 Å². The van der Waals surface area contributed by atoms with Gasteiger partial charge in [-0.25, -0.2) is 0 Å². The van der Waals surface area contributed by atoms with Crippen LogP contribution in [0.2, 0.25) is 0 Å². The first-order valence-corrected chi connectivity index (χ1v) is 9.18. The maximum Gasteiger partial charge on any atom is 0.231 e. The minimum absolute atomic E-state index is 0.118. The summed E-state index contributed by atoms with van der Waals surface area (Å²) in [6, 6.07) is 12.1. The van der Waals surface area contributed by atoms with Crippen LogP contribution in [0.25, 0.3) is 16.6 Å². The van der Waals surface area contributed by atoms with E-state index in [0.29, 0.717) is 6.42 Å². The first-order valence-electron chi connectivity index (χ1n) is 9.18. The topological polar surface area (TPSA) is 46.9 Å². The van der Waals surface area contributed by atoms with E-state index >= 15 is 0 Å². The van der Waals surface area contributed by atoms with Gasteiger partial charge in [-0.15, -0.1) is 0 Å². The third kappa shape index (κ3) is 3.20. The molecule has 0 saturated carbocycles. The van der Waals surface area contributed by atoms with Gasteiger partial charge in [-0.05, 0) is 55.1 Å². The van der Waals surface area contributed by atoms with Gasteiger partial charge in [0.05, 0.1) is 11.0 Å². The molecule has 1 N–H and O–H groups in total. The summed E-state index contributed by atoms with van der Waals surface area (Å²) < 4.78 is 1.79. The average molecular weight is 345 g/mol. The molecule has 1 aliphatic heterocycles. The Morgan fingerprint density at radius 2 is 2.12 bits per heavy atom. The highest BCUT2D eigenvalue weighted by molar-refractivity contribution is 5.97. The molecule has 0 unspecified atom stereocenters. The van der Waals surface area contributed by atoms with Crippen LogP contribution in [0.4, 0.5) is 0 Å². The Balaban J connectivity index is 1.64. The number of fused-ring (bicyclic) bond motifs is 1. The lowest BCUT2D eigenvalue weighted by atomic mass is 10.0. The molecule has 0 aliphatic carbocycles. The first-order chi connectivity index (χ1) is 12.7. The molecule has 2 aromatic heterocycles. The van der Waals surface area contributed by atoms with Crippen LogP contribution in [0, 0.1) is 6.92 Å². The molecule has 1 aromatic carbocycles. The van der Waals surface area contributed by atoms with Crippen molar-refractivity contribution < 1.29 is 4.79 Å². The fourth-order valence-corrected chi connectivity index (χ4v) is 3.62. The summed E-state index contributed by atoms with van der Waals surface area (Å²) in [6.45, 7) is 3.93. The second-order valence-electron chi connectivity index (χ2n) is 6.79. The lowest BCUT2D eigenvalue weighted by Gasteiger charge is -2.12. The van der Waals surface area contributed by atoms with Crippen molar-refractivity contribution >= 4 is 22.5 Å². The van der Waals surface area contributed by atoms with Crippen molar-refractivity contribution in [1.82, 2.24) is 14.9 Å². The minimum atomic E-state index is 0.118. The van der Waals surface area contributed by atoms with Crippen molar-refractivity contribution in [2.75, 3.05) is 13.1 Å². The fourth-order valence-electron chi connectivity index (χ4n) is 3.62. The van der Waals surface area contributed by atoms with Crippen molar-refractivity contribution in [3.8, 4) is 0 Å². The molecule has 4 rings (SSSR count). The Bertz CT molecular complexity index is 984. The molecule has 0 radical (unpaired) electrons. The summed E-state index contributed by atoms with van der Waals surface area (Å²) in [5.41, 5.74) is 6.66. The smallest absolute Gasteiger partial charge is 0.231 e. The van der Waals surface area contributed by atoms with E-state index in [0.717, 1.165) is 42.5 Å². The molecular weight excluding hydrogens is 322 g/mol. The Labute approximate surface area is 153 Å². The van der Waals surface area contributed by atoms with Crippen LogP contribution in [-0.2, 0) is 6.42 Å². The number of carbonyl (C=O) groups excluding carboxylic acids is 1. The third-order valence-electron chi connectivity index (χ3n) is 5.11. The number of pyridine rings is 1. The highest BCUT2D eigenvalue weighted by Crippen LogP contribution is 2.28. The Morgan fingerprint density at radius 1 is 1.23 bits per heavy atom. The van der Waals surface area contributed by atoms with Crippen LogP contribution in [0.5, 0.6) is 0 Å². The molecule has 26 heavy (non-hydrogen) atoms. The van der Waals surface area contributed by atoms with Crippen LogP contribution in [0.3, 0.4) is 0 Å². The Kier molecular flexibility index (Phi) is 4.67. The standard InChI is InChI=1S/C22H23N3O/c1-16-5-2-3-6-17(16)8-9-21(26)25-15-19(18-10-13-23-14-11-18)22-20(25)7-4-12-24-22/h2-7,10,12,15,23H,8-9,11,13-14H2,1H3. The number of benzene rings is 1. The van der Waals surface area contributed by atoms with Crippen molar-refractivity contribution in [3.05, 3.63) is 71.6 Å². The van der Waals surface area contributed by atoms with Crippen LogP contribution >= 0.6 is 0 Å². The van der Waals surface area contributed by atoms with Gasteiger partial charge < -0.3 is 5.32 Å². The number of aromatic nitrogens is 2. The van der Waals surface area contributed by atoms with E-state index in [4.69, 9.17) is 0 Å². The summed E-state index contributed by atoms with van der Waals surface area (Å²) in [5.74, 6) is 0.118. The van der Waals surface area contributed by atoms with E-state index in [1.54, 1.807) is 10.8 Å².